The SMILES string of the molecule is O=C(O)c1cc(NC(=O)C(CNC(=O)c2cc3nc[nH]c3cc2C(=O)NCC23CC4CC(CC(C4)C2)C3)c2ccc(F)cc2F)cc(C(=O)O)c1. The van der Waals surface area contributed by atoms with Crippen molar-refractivity contribution in [3.8, 4) is 0 Å². The highest BCUT2D eigenvalue weighted by atomic mass is 19.1. The van der Waals surface area contributed by atoms with E-state index in [0.29, 0.717) is 41.4 Å². The second kappa shape index (κ2) is 13.2. The van der Waals surface area contributed by atoms with Crippen LogP contribution in [-0.2, 0) is 4.79 Å². The average molecular weight is 700 g/mol. The van der Waals surface area contributed by atoms with Gasteiger partial charge in [0.25, 0.3) is 11.8 Å². The minimum atomic E-state index is -1.50. The number of carbonyl (C=O) groups is 5. The van der Waals surface area contributed by atoms with Crippen molar-refractivity contribution < 1.29 is 43.0 Å². The molecule has 4 bridgehead atoms. The number of carbonyl (C=O) groups excluding carboxylic acids is 3. The standard InChI is InChI=1S/C37H35F2N5O7/c38-23-1-2-25(29(39)9-23)28(34(47)44-24-7-21(35(48)49)6-22(8-24)36(50)51)15-40-32(45)26-10-30-31(43-17-42-30)11-27(26)33(46)41-16-37-12-18-3-19(13-37)5-20(4-18)14-37/h1-2,6-11,17-20,28H,3-5,12-16H2,(H,40,45)(H,41,46)(H,42,43)(H,44,47)(H,48,49)(H,50,51). The lowest BCUT2D eigenvalue weighted by molar-refractivity contribution is -0.117. The van der Waals surface area contributed by atoms with Crippen LogP contribution in [-0.4, -0.2) is 62.9 Å². The Labute approximate surface area is 290 Å². The highest BCUT2D eigenvalue weighted by Gasteiger charge is 2.50. The van der Waals surface area contributed by atoms with Gasteiger partial charge in [-0.25, -0.2) is 23.4 Å². The largest absolute Gasteiger partial charge is 0.478 e. The van der Waals surface area contributed by atoms with Crippen molar-refractivity contribution in [2.75, 3.05) is 18.4 Å². The Bertz CT molecular complexity index is 2030. The normalized spacial score (nSPS) is 22.4. The minimum absolute atomic E-state index is 0.0309. The first-order valence-corrected chi connectivity index (χ1v) is 16.8. The maximum atomic E-state index is 15.1. The molecule has 14 heteroatoms. The Kier molecular flexibility index (Phi) is 8.77. The number of aromatic carboxylic acids is 2. The molecule has 4 saturated carbocycles. The number of hydrogen-bond acceptors (Lipinski definition) is 6. The summed E-state index contributed by atoms with van der Waals surface area (Å²) in [6.07, 6.45) is 8.43. The number of nitrogens with one attached hydrogen (secondary N) is 4. The topological polar surface area (TPSA) is 191 Å². The van der Waals surface area contributed by atoms with Gasteiger partial charge in [-0.05, 0) is 98.1 Å². The van der Waals surface area contributed by atoms with Crippen molar-refractivity contribution in [2.45, 2.75) is 44.4 Å². The molecule has 0 aliphatic heterocycles. The molecule has 1 atom stereocenters. The van der Waals surface area contributed by atoms with Gasteiger partial charge < -0.3 is 31.1 Å². The molecule has 4 aromatic rings. The molecule has 4 aliphatic rings. The zero-order valence-electron chi connectivity index (χ0n) is 27.3. The predicted octanol–water partition coefficient (Wildman–Crippen LogP) is 5.34. The van der Waals surface area contributed by atoms with Gasteiger partial charge in [0, 0.05) is 30.4 Å². The van der Waals surface area contributed by atoms with Crippen molar-refractivity contribution in [1.29, 1.82) is 0 Å². The third kappa shape index (κ3) is 6.90. The van der Waals surface area contributed by atoms with Crippen LogP contribution < -0.4 is 16.0 Å². The van der Waals surface area contributed by atoms with Gasteiger partial charge in [-0.15, -0.1) is 0 Å². The number of H-pyrrole nitrogens is 1. The van der Waals surface area contributed by atoms with Crippen LogP contribution in [0.3, 0.4) is 0 Å². The number of rotatable bonds is 11. The fourth-order valence-electron chi connectivity index (χ4n) is 8.82. The van der Waals surface area contributed by atoms with E-state index in [1.807, 2.05) is 0 Å². The molecule has 3 aromatic carbocycles. The number of amides is 3. The second-order valence-electron chi connectivity index (χ2n) is 14.2. The lowest BCUT2D eigenvalue weighted by atomic mass is 9.49. The van der Waals surface area contributed by atoms with Crippen molar-refractivity contribution >= 4 is 46.4 Å². The highest BCUT2D eigenvalue weighted by Crippen LogP contribution is 2.59. The van der Waals surface area contributed by atoms with E-state index in [0.717, 1.165) is 49.6 Å². The van der Waals surface area contributed by atoms with Crippen molar-refractivity contribution in [3.05, 3.63) is 94.3 Å². The lowest BCUT2D eigenvalue weighted by Crippen LogP contribution is -2.51. The number of benzene rings is 3. The van der Waals surface area contributed by atoms with Crippen molar-refractivity contribution in [1.82, 2.24) is 20.6 Å². The summed E-state index contributed by atoms with van der Waals surface area (Å²) in [5.41, 5.74) is -0.329. The zero-order chi connectivity index (χ0) is 36.0. The molecule has 3 amide bonds. The van der Waals surface area contributed by atoms with Gasteiger partial charge in [-0.1, -0.05) is 6.07 Å². The molecule has 6 N–H and O–H groups in total. The first-order valence-electron chi connectivity index (χ1n) is 16.8. The molecule has 1 unspecified atom stereocenters. The van der Waals surface area contributed by atoms with E-state index in [2.05, 4.69) is 25.9 Å². The molecule has 0 spiro atoms. The van der Waals surface area contributed by atoms with Gasteiger partial charge in [0.1, 0.15) is 11.6 Å². The van der Waals surface area contributed by atoms with Crippen LogP contribution in [0.1, 0.15) is 91.4 Å². The molecule has 4 fully saturated rings. The summed E-state index contributed by atoms with van der Waals surface area (Å²) in [5, 5.41) is 27.0. The number of imidazole rings is 1. The molecule has 8 rings (SSSR count). The fraction of sp³-hybridized carbons (Fsp3) is 0.351. The number of aromatic nitrogens is 2. The number of nitrogens with zero attached hydrogens (tertiary/aromatic N) is 1. The molecule has 264 valence electrons. The molecule has 1 aromatic heterocycles. The first-order chi connectivity index (χ1) is 24.4. The van der Waals surface area contributed by atoms with Gasteiger partial charge in [-0.3, -0.25) is 14.4 Å². The lowest BCUT2D eigenvalue weighted by Gasteiger charge is -2.56. The average Bonchev–Trinajstić information content (AvgIpc) is 3.54. The number of fused-ring (bicyclic) bond motifs is 1. The summed E-state index contributed by atoms with van der Waals surface area (Å²) < 4.78 is 29.0. The van der Waals surface area contributed by atoms with E-state index in [1.54, 1.807) is 0 Å². The Morgan fingerprint density at radius 1 is 0.824 bits per heavy atom. The molecule has 4 aliphatic carbocycles. The highest BCUT2D eigenvalue weighted by molar-refractivity contribution is 6.10. The van der Waals surface area contributed by atoms with Gasteiger partial charge in [0.15, 0.2) is 0 Å². The number of anilines is 1. The van der Waals surface area contributed by atoms with E-state index < -0.39 is 64.9 Å². The van der Waals surface area contributed by atoms with E-state index >= 15 is 4.39 Å². The summed E-state index contributed by atoms with van der Waals surface area (Å²) in [5.74, 6) is -6.49. The van der Waals surface area contributed by atoms with Gasteiger partial charge in [0.2, 0.25) is 5.91 Å². The second-order valence-corrected chi connectivity index (χ2v) is 14.2. The van der Waals surface area contributed by atoms with Crippen LogP contribution >= 0.6 is 0 Å². The number of hydrogen-bond donors (Lipinski definition) is 6. The molecule has 12 nitrogen and oxygen atoms in total. The molecule has 0 saturated heterocycles. The maximum absolute atomic E-state index is 15.1. The third-order valence-electron chi connectivity index (χ3n) is 10.7. The molecular formula is C37H35F2N5O7. The third-order valence-corrected chi connectivity index (χ3v) is 10.7. The summed E-state index contributed by atoms with van der Waals surface area (Å²) in [4.78, 5) is 71.6. The molecule has 1 heterocycles. The van der Waals surface area contributed by atoms with Crippen LogP contribution in [0.2, 0.25) is 0 Å². The zero-order valence-corrected chi connectivity index (χ0v) is 27.3. The molecule has 51 heavy (non-hydrogen) atoms. The summed E-state index contributed by atoms with van der Waals surface area (Å²) in [6, 6.07) is 8.48. The van der Waals surface area contributed by atoms with Crippen LogP contribution in [0.5, 0.6) is 0 Å². The summed E-state index contributed by atoms with van der Waals surface area (Å²) in [6.45, 7) is -0.0409. The quantitative estimate of drug-likeness (QED) is 0.121. The van der Waals surface area contributed by atoms with Gasteiger partial charge in [0.05, 0.1) is 45.5 Å². The van der Waals surface area contributed by atoms with Crippen molar-refractivity contribution in [2.24, 2.45) is 23.2 Å². The fourth-order valence-corrected chi connectivity index (χ4v) is 8.82. The van der Waals surface area contributed by atoms with Gasteiger partial charge in [-0.2, -0.15) is 0 Å². The van der Waals surface area contributed by atoms with E-state index in [9.17, 15) is 38.6 Å². The molecular weight excluding hydrogens is 664 g/mol. The summed E-state index contributed by atoms with van der Waals surface area (Å²) >= 11 is 0. The van der Waals surface area contributed by atoms with Crippen LogP contribution in [0, 0.1) is 34.8 Å². The van der Waals surface area contributed by atoms with Crippen LogP contribution in [0.4, 0.5) is 14.5 Å². The first kappa shape index (κ1) is 33.8. The predicted molar refractivity (Wildman–Crippen MR) is 179 cm³/mol. The van der Waals surface area contributed by atoms with Crippen molar-refractivity contribution in [3.63, 3.8) is 0 Å². The smallest absolute Gasteiger partial charge is 0.335 e. The monoisotopic (exact) mass is 699 g/mol. The Morgan fingerprint density at radius 2 is 1.43 bits per heavy atom. The van der Waals surface area contributed by atoms with Crippen LogP contribution in [0.25, 0.3) is 11.0 Å². The minimum Gasteiger partial charge on any atom is -0.478 e. The van der Waals surface area contributed by atoms with E-state index in [-0.39, 0.29) is 27.8 Å². The number of carboxylic acids is 2. The Balaban J connectivity index is 1.13. The van der Waals surface area contributed by atoms with Crippen LogP contribution in [0.15, 0.2) is 54.9 Å². The summed E-state index contributed by atoms with van der Waals surface area (Å²) in [7, 11) is 0. The van der Waals surface area contributed by atoms with E-state index in [4.69, 9.17) is 0 Å². The Hall–Kier alpha value is -5.66. The maximum Gasteiger partial charge on any atom is 0.335 e. The Morgan fingerprint density at radius 3 is 2.04 bits per heavy atom. The van der Waals surface area contributed by atoms with Gasteiger partial charge >= 0.3 is 11.9 Å². The van der Waals surface area contributed by atoms with E-state index in [1.165, 1.54) is 37.7 Å². The number of halogens is 2. The number of aromatic amines is 1. The number of carboxylic acid groups (broad SMARTS) is 2. The molecule has 0 radical (unpaired) electrons.